The van der Waals surface area contributed by atoms with Crippen LogP contribution >= 0.6 is 0 Å². The molecule has 0 N–H and O–H groups in total. The highest BCUT2D eigenvalue weighted by atomic mass is 16.6. The molecule has 5 heteroatoms. The summed E-state index contributed by atoms with van der Waals surface area (Å²) in [5.41, 5.74) is 0. The van der Waals surface area contributed by atoms with Crippen molar-refractivity contribution in [3.05, 3.63) is 36.5 Å². The zero-order chi connectivity index (χ0) is 46.3. The monoisotopic (exact) mass is 899 g/mol. The van der Waals surface area contributed by atoms with Gasteiger partial charge < -0.3 is 14.2 Å². The fourth-order valence-electron chi connectivity index (χ4n) is 8.35. The van der Waals surface area contributed by atoms with Gasteiger partial charge in [0.05, 0.1) is 6.61 Å². The third kappa shape index (κ3) is 52.7. The van der Waals surface area contributed by atoms with Crippen molar-refractivity contribution in [1.82, 2.24) is 0 Å². The number of carbonyl (C=O) groups is 2. The lowest BCUT2D eigenvalue weighted by molar-refractivity contribution is -0.163. The van der Waals surface area contributed by atoms with E-state index in [4.69, 9.17) is 14.2 Å². The third-order valence-electron chi connectivity index (χ3n) is 12.6. The first-order valence-electron chi connectivity index (χ1n) is 28.5. The van der Waals surface area contributed by atoms with Crippen molar-refractivity contribution in [3.63, 3.8) is 0 Å². The van der Waals surface area contributed by atoms with Crippen molar-refractivity contribution in [3.8, 4) is 0 Å². The minimum Gasteiger partial charge on any atom is -0.462 e. The molecule has 1 atom stereocenters. The van der Waals surface area contributed by atoms with Gasteiger partial charge in [-0.2, -0.15) is 0 Å². The van der Waals surface area contributed by atoms with Crippen LogP contribution in [0, 0.1) is 0 Å². The molecule has 0 amide bonds. The van der Waals surface area contributed by atoms with E-state index in [1.807, 2.05) is 0 Å². The molecule has 0 bridgehead atoms. The van der Waals surface area contributed by atoms with Gasteiger partial charge in [0, 0.05) is 19.4 Å². The molecule has 5 nitrogen and oxygen atoms in total. The zero-order valence-electron chi connectivity index (χ0n) is 43.3. The smallest absolute Gasteiger partial charge is 0.306 e. The van der Waals surface area contributed by atoms with Crippen LogP contribution in [-0.2, 0) is 23.8 Å². The minimum atomic E-state index is -0.539. The molecule has 1 unspecified atom stereocenters. The number of ether oxygens (including phenoxy) is 3. The average Bonchev–Trinajstić information content (AvgIpc) is 3.30. The van der Waals surface area contributed by atoms with Gasteiger partial charge in [0.2, 0.25) is 0 Å². The molecule has 0 aromatic carbocycles. The van der Waals surface area contributed by atoms with Crippen LogP contribution in [0.25, 0.3) is 0 Å². The standard InChI is InChI=1S/C59H110O5/c1-4-7-10-13-16-19-22-24-26-28-29-30-32-34-36-39-42-45-48-51-54-62-55-57(64-59(61)53-50-47-44-41-37-21-18-15-12-9-6-3)56-63-58(60)52-49-46-43-40-38-35-33-31-27-25-23-20-17-14-11-8-5-2/h15,17-18,20,25,27,57H,4-14,16,19,21-24,26,28-56H2,1-3H3/b18-15-,20-17-,27-25-. The van der Waals surface area contributed by atoms with E-state index in [0.717, 1.165) is 57.8 Å². The van der Waals surface area contributed by atoms with E-state index in [2.05, 4.69) is 57.2 Å². The van der Waals surface area contributed by atoms with E-state index in [0.29, 0.717) is 19.4 Å². The van der Waals surface area contributed by atoms with Gasteiger partial charge in [-0.25, -0.2) is 0 Å². The number of rotatable bonds is 53. The molecule has 0 fully saturated rings. The summed E-state index contributed by atoms with van der Waals surface area (Å²) in [7, 11) is 0. The molecule has 0 aliphatic heterocycles. The first-order valence-corrected chi connectivity index (χ1v) is 28.5. The molecule has 376 valence electrons. The van der Waals surface area contributed by atoms with Gasteiger partial charge in [-0.1, -0.05) is 256 Å². The molecule has 0 aromatic rings. The van der Waals surface area contributed by atoms with E-state index in [1.54, 1.807) is 0 Å². The lowest BCUT2D eigenvalue weighted by atomic mass is 10.0. The molecule has 0 rings (SSSR count). The van der Waals surface area contributed by atoms with Crippen LogP contribution in [0.5, 0.6) is 0 Å². The van der Waals surface area contributed by atoms with E-state index in [9.17, 15) is 9.59 Å². The highest BCUT2D eigenvalue weighted by molar-refractivity contribution is 5.70. The Morgan fingerprint density at radius 1 is 0.344 bits per heavy atom. The average molecular weight is 900 g/mol. The molecule has 64 heavy (non-hydrogen) atoms. The first-order chi connectivity index (χ1) is 31.6. The Bertz CT molecular complexity index is 1020. The highest BCUT2D eigenvalue weighted by Gasteiger charge is 2.17. The lowest BCUT2D eigenvalue weighted by Crippen LogP contribution is -2.30. The molecule has 0 aliphatic carbocycles. The number of allylic oxidation sites excluding steroid dienone is 6. The van der Waals surface area contributed by atoms with Gasteiger partial charge in [-0.15, -0.1) is 0 Å². The molecular weight excluding hydrogens is 789 g/mol. The van der Waals surface area contributed by atoms with E-state index >= 15 is 0 Å². The van der Waals surface area contributed by atoms with Crippen LogP contribution in [0.4, 0.5) is 0 Å². The summed E-state index contributed by atoms with van der Waals surface area (Å²) in [6, 6.07) is 0. The molecule has 0 saturated carbocycles. The summed E-state index contributed by atoms with van der Waals surface area (Å²) < 4.78 is 17.4. The summed E-state index contributed by atoms with van der Waals surface area (Å²) in [6.45, 7) is 7.81. The first kappa shape index (κ1) is 62.1. The Morgan fingerprint density at radius 2 is 0.672 bits per heavy atom. The molecule has 0 aliphatic rings. The number of hydrogen-bond donors (Lipinski definition) is 0. The predicted molar refractivity (Wildman–Crippen MR) is 279 cm³/mol. The summed E-state index contributed by atoms with van der Waals surface area (Å²) in [4.78, 5) is 25.4. The summed E-state index contributed by atoms with van der Waals surface area (Å²) in [6.07, 6.45) is 67.4. The van der Waals surface area contributed by atoms with Crippen LogP contribution in [0.2, 0.25) is 0 Å². The second-order valence-corrected chi connectivity index (χ2v) is 19.2. The lowest BCUT2D eigenvalue weighted by Gasteiger charge is -2.18. The van der Waals surface area contributed by atoms with Gasteiger partial charge in [-0.05, 0) is 70.6 Å². The minimum absolute atomic E-state index is 0.0826. The Morgan fingerprint density at radius 3 is 1.12 bits per heavy atom. The summed E-state index contributed by atoms with van der Waals surface area (Å²) in [5.74, 6) is -0.401. The molecule has 0 heterocycles. The van der Waals surface area contributed by atoms with Crippen molar-refractivity contribution in [2.45, 2.75) is 309 Å². The normalized spacial score (nSPS) is 12.4. The molecule has 0 saturated heterocycles. The summed E-state index contributed by atoms with van der Waals surface area (Å²) in [5, 5.41) is 0. The van der Waals surface area contributed by atoms with Crippen molar-refractivity contribution in [2.75, 3.05) is 19.8 Å². The van der Waals surface area contributed by atoms with Crippen LogP contribution in [-0.4, -0.2) is 37.9 Å². The molecule has 0 radical (unpaired) electrons. The number of hydrogen-bond acceptors (Lipinski definition) is 5. The van der Waals surface area contributed by atoms with Gasteiger partial charge in [0.25, 0.3) is 0 Å². The maximum atomic E-state index is 12.8. The number of esters is 2. The molecular formula is C59H110O5. The Hall–Kier alpha value is -1.88. The van der Waals surface area contributed by atoms with Crippen molar-refractivity contribution in [2.24, 2.45) is 0 Å². The third-order valence-corrected chi connectivity index (χ3v) is 12.6. The van der Waals surface area contributed by atoms with Crippen LogP contribution in [0.1, 0.15) is 303 Å². The van der Waals surface area contributed by atoms with Gasteiger partial charge in [0.15, 0.2) is 6.10 Å². The Kier molecular flexibility index (Phi) is 53.8. The predicted octanol–water partition coefficient (Wildman–Crippen LogP) is 19.4. The zero-order valence-corrected chi connectivity index (χ0v) is 43.3. The van der Waals surface area contributed by atoms with Crippen molar-refractivity contribution >= 4 is 11.9 Å². The second-order valence-electron chi connectivity index (χ2n) is 19.2. The fraction of sp³-hybridized carbons (Fsp3) is 0.864. The summed E-state index contributed by atoms with van der Waals surface area (Å²) >= 11 is 0. The van der Waals surface area contributed by atoms with Crippen LogP contribution in [0.15, 0.2) is 36.5 Å². The van der Waals surface area contributed by atoms with Gasteiger partial charge >= 0.3 is 11.9 Å². The Balaban J connectivity index is 4.17. The maximum Gasteiger partial charge on any atom is 0.306 e. The van der Waals surface area contributed by atoms with Gasteiger partial charge in [-0.3, -0.25) is 9.59 Å². The second kappa shape index (κ2) is 55.4. The van der Waals surface area contributed by atoms with E-state index < -0.39 is 6.10 Å². The SMILES string of the molecule is CCCC/C=C\CCCCCCCC(=O)OC(COCCCCCCCCCCCCCCCCCCCCCC)COC(=O)CCCCCCCCC/C=C\C/C=C\CCCCC. The topological polar surface area (TPSA) is 61.8 Å². The number of unbranched alkanes of at least 4 members (excludes halogenated alkanes) is 36. The molecule has 0 aromatic heterocycles. The fourth-order valence-corrected chi connectivity index (χ4v) is 8.35. The van der Waals surface area contributed by atoms with Crippen molar-refractivity contribution < 1.29 is 23.8 Å². The Labute approximate surface area is 400 Å². The number of carbonyl (C=O) groups excluding carboxylic acids is 2. The largest absolute Gasteiger partial charge is 0.462 e. The maximum absolute atomic E-state index is 12.8. The van der Waals surface area contributed by atoms with Crippen LogP contribution in [0.3, 0.4) is 0 Å². The van der Waals surface area contributed by atoms with Gasteiger partial charge in [0.1, 0.15) is 6.61 Å². The van der Waals surface area contributed by atoms with E-state index in [1.165, 1.54) is 212 Å². The van der Waals surface area contributed by atoms with Crippen molar-refractivity contribution in [1.29, 1.82) is 0 Å². The highest BCUT2D eigenvalue weighted by Crippen LogP contribution is 2.16. The van der Waals surface area contributed by atoms with Crippen LogP contribution < -0.4 is 0 Å². The quantitative estimate of drug-likeness (QED) is 0.0346. The molecule has 0 spiro atoms. The van der Waals surface area contributed by atoms with E-state index in [-0.39, 0.29) is 25.2 Å².